The van der Waals surface area contributed by atoms with Gasteiger partial charge in [0.05, 0.1) is 5.41 Å². The summed E-state index contributed by atoms with van der Waals surface area (Å²) in [5.74, 6) is -0.102. The zero-order valence-electron chi connectivity index (χ0n) is 14.2. The van der Waals surface area contributed by atoms with Gasteiger partial charge in [-0.2, -0.15) is 0 Å². The van der Waals surface area contributed by atoms with E-state index in [0.717, 1.165) is 49.7 Å². The van der Waals surface area contributed by atoms with Crippen LogP contribution in [-0.4, -0.2) is 12.5 Å². The average molecular weight is 360 g/mol. The van der Waals surface area contributed by atoms with E-state index >= 15 is 0 Å². The summed E-state index contributed by atoms with van der Waals surface area (Å²) in [6.45, 7) is 0.631. The van der Waals surface area contributed by atoms with Gasteiger partial charge in [0.1, 0.15) is 5.82 Å². The van der Waals surface area contributed by atoms with E-state index < -0.39 is 5.41 Å². The predicted octanol–water partition coefficient (Wildman–Crippen LogP) is 5.04. The Morgan fingerprint density at radius 3 is 2.32 bits per heavy atom. The van der Waals surface area contributed by atoms with Gasteiger partial charge in [0, 0.05) is 11.6 Å². The van der Waals surface area contributed by atoms with Crippen LogP contribution in [0.5, 0.6) is 0 Å². The smallest absolute Gasteiger partial charge is 0.230 e. The summed E-state index contributed by atoms with van der Waals surface area (Å²) in [5, 5.41) is 3.81. The molecule has 25 heavy (non-hydrogen) atoms. The highest BCUT2D eigenvalue weighted by molar-refractivity contribution is 6.30. The molecule has 0 aromatic heterocycles. The third-order valence-electron chi connectivity index (χ3n) is 5.13. The van der Waals surface area contributed by atoms with Gasteiger partial charge in [-0.3, -0.25) is 4.79 Å². The summed E-state index contributed by atoms with van der Waals surface area (Å²) in [5.41, 5.74) is 1.73. The molecule has 0 atom stereocenters. The minimum Gasteiger partial charge on any atom is -0.355 e. The van der Waals surface area contributed by atoms with Crippen molar-refractivity contribution in [2.24, 2.45) is 0 Å². The van der Waals surface area contributed by atoms with Crippen LogP contribution in [-0.2, 0) is 16.6 Å². The van der Waals surface area contributed by atoms with E-state index in [4.69, 9.17) is 11.6 Å². The Labute approximate surface area is 153 Å². The minimum atomic E-state index is -0.416. The molecule has 0 heterocycles. The second-order valence-corrected chi connectivity index (χ2v) is 7.22. The Balaban J connectivity index is 1.58. The lowest BCUT2D eigenvalue weighted by atomic mass is 9.78. The molecule has 1 aliphatic carbocycles. The fourth-order valence-corrected chi connectivity index (χ4v) is 3.83. The quantitative estimate of drug-likeness (QED) is 0.719. The largest absolute Gasteiger partial charge is 0.355 e. The molecule has 0 radical (unpaired) electrons. The standard InChI is InChI=1S/C21H23ClFNO/c22-18-9-7-17(8-10-18)21(13-1-2-14-21)20(25)24-15-3-4-16-5-11-19(23)12-6-16/h5-12H,1-4,13-15H2,(H,24,25). The van der Waals surface area contributed by atoms with E-state index in [1.807, 2.05) is 24.3 Å². The number of rotatable bonds is 6. The second kappa shape index (κ2) is 8.01. The molecule has 4 heteroatoms. The zero-order chi connectivity index (χ0) is 17.7. The van der Waals surface area contributed by atoms with Gasteiger partial charge >= 0.3 is 0 Å². The van der Waals surface area contributed by atoms with Crippen molar-refractivity contribution >= 4 is 17.5 Å². The zero-order valence-corrected chi connectivity index (χ0v) is 15.0. The fraction of sp³-hybridized carbons (Fsp3) is 0.381. The van der Waals surface area contributed by atoms with Gasteiger partial charge < -0.3 is 5.32 Å². The summed E-state index contributed by atoms with van der Waals surface area (Å²) in [6.07, 6.45) is 5.59. The van der Waals surface area contributed by atoms with E-state index in [9.17, 15) is 9.18 Å². The third-order valence-corrected chi connectivity index (χ3v) is 5.38. The van der Waals surface area contributed by atoms with Crippen LogP contribution in [0.2, 0.25) is 5.02 Å². The molecule has 2 nitrogen and oxygen atoms in total. The normalized spacial score (nSPS) is 15.9. The highest BCUT2D eigenvalue weighted by atomic mass is 35.5. The maximum absolute atomic E-state index is 12.9. The first-order valence-corrected chi connectivity index (χ1v) is 9.27. The summed E-state index contributed by atoms with van der Waals surface area (Å²) in [6, 6.07) is 14.2. The molecule has 3 rings (SSSR count). The number of aryl methyl sites for hydroxylation is 1. The van der Waals surface area contributed by atoms with Crippen LogP contribution in [0.15, 0.2) is 48.5 Å². The molecule has 1 saturated carbocycles. The Kier molecular flexibility index (Phi) is 5.74. The molecule has 0 saturated heterocycles. The molecule has 132 valence electrons. The van der Waals surface area contributed by atoms with E-state index in [1.54, 1.807) is 12.1 Å². The maximum atomic E-state index is 12.9. The second-order valence-electron chi connectivity index (χ2n) is 6.78. The molecule has 1 aliphatic rings. The van der Waals surface area contributed by atoms with Crippen molar-refractivity contribution in [3.63, 3.8) is 0 Å². The van der Waals surface area contributed by atoms with Gasteiger partial charge in [-0.1, -0.05) is 48.7 Å². The van der Waals surface area contributed by atoms with E-state index in [2.05, 4.69) is 5.32 Å². The maximum Gasteiger partial charge on any atom is 0.230 e. The van der Waals surface area contributed by atoms with Crippen LogP contribution in [0.4, 0.5) is 4.39 Å². The highest BCUT2D eigenvalue weighted by Gasteiger charge is 2.42. The van der Waals surface area contributed by atoms with Crippen molar-refractivity contribution in [2.45, 2.75) is 43.9 Å². The lowest BCUT2D eigenvalue weighted by Gasteiger charge is -2.28. The van der Waals surface area contributed by atoms with Gasteiger partial charge in [-0.05, 0) is 61.1 Å². The average Bonchev–Trinajstić information content (AvgIpc) is 3.12. The Hall–Kier alpha value is -1.87. The number of amides is 1. The first-order valence-electron chi connectivity index (χ1n) is 8.89. The number of carbonyl (C=O) groups is 1. The van der Waals surface area contributed by atoms with E-state index in [-0.39, 0.29) is 11.7 Å². The number of halogens is 2. The van der Waals surface area contributed by atoms with Crippen molar-refractivity contribution in [3.05, 3.63) is 70.5 Å². The monoisotopic (exact) mass is 359 g/mol. The van der Waals surface area contributed by atoms with Crippen LogP contribution >= 0.6 is 11.6 Å². The molecule has 0 aliphatic heterocycles. The van der Waals surface area contributed by atoms with Crippen LogP contribution < -0.4 is 5.32 Å². The first kappa shape index (κ1) is 17.9. The van der Waals surface area contributed by atoms with Crippen molar-refractivity contribution in [3.8, 4) is 0 Å². The summed E-state index contributed by atoms with van der Waals surface area (Å²) in [4.78, 5) is 12.9. The Morgan fingerprint density at radius 2 is 1.68 bits per heavy atom. The molecule has 1 amide bonds. The van der Waals surface area contributed by atoms with Crippen molar-refractivity contribution < 1.29 is 9.18 Å². The summed E-state index contributed by atoms with van der Waals surface area (Å²) in [7, 11) is 0. The SMILES string of the molecule is O=C(NCCCc1ccc(F)cc1)C1(c2ccc(Cl)cc2)CCCC1. The number of nitrogens with one attached hydrogen (secondary N) is 1. The molecule has 2 aromatic rings. The third kappa shape index (κ3) is 4.21. The van der Waals surface area contributed by atoms with Gasteiger partial charge in [-0.25, -0.2) is 4.39 Å². The van der Waals surface area contributed by atoms with Gasteiger partial charge in [0.15, 0.2) is 0 Å². The molecule has 1 N–H and O–H groups in total. The highest BCUT2D eigenvalue weighted by Crippen LogP contribution is 2.41. The van der Waals surface area contributed by atoms with Crippen LogP contribution in [0.25, 0.3) is 0 Å². The van der Waals surface area contributed by atoms with Crippen LogP contribution in [0.3, 0.4) is 0 Å². The lowest BCUT2D eigenvalue weighted by Crippen LogP contribution is -2.43. The number of benzene rings is 2. The molecule has 2 aromatic carbocycles. The molecular formula is C21H23ClFNO. The topological polar surface area (TPSA) is 29.1 Å². The summed E-state index contributed by atoms with van der Waals surface area (Å²) < 4.78 is 12.9. The predicted molar refractivity (Wildman–Crippen MR) is 99.3 cm³/mol. The van der Waals surface area contributed by atoms with Gasteiger partial charge in [0.25, 0.3) is 0 Å². The van der Waals surface area contributed by atoms with E-state index in [0.29, 0.717) is 11.6 Å². The van der Waals surface area contributed by atoms with Crippen molar-refractivity contribution in [1.82, 2.24) is 5.32 Å². The lowest BCUT2D eigenvalue weighted by molar-refractivity contribution is -0.126. The van der Waals surface area contributed by atoms with Crippen molar-refractivity contribution in [1.29, 1.82) is 0 Å². The van der Waals surface area contributed by atoms with Gasteiger partial charge in [-0.15, -0.1) is 0 Å². The van der Waals surface area contributed by atoms with Crippen LogP contribution in [0.1, 0.15) is 43.2 Å². The van der Waals surface area contributed by atoms with E-state index in [1.165, 1.54) is 12.1 Å². The fourth-order valence-electron chi connectivity index (χ4n) is 3.71. The number of carbonyl (C=O) groups excluding carboxylic acids is 1. The number of hydrogen-bond acceptors (Lipinski definition) is 1. The molecule has 0 spiro atoms. The molecule has 0 unspecified atom stereocenters. The Bertz CT molecular complexity index is 706. The first-order chi connectivity index (χ1) is 12.1. The molecular weight excluding hydrogens is 337 g/mol. The molecule has 1 fully saturated rings. The number of hydrogen-bond donors (Lipinski definition) is 1. The summed E-state index contributed by atoms with van der Waals surface area (Å²) >= 11 is 5.99. The van der Waals surface area contributed by atoms with Gasteiger partial charge in [0.2, 0.25) is 5.91 Å². The molecule has 0 bridgehead atoms. The van der Waals surface area contributed by atoms with Crippen molar-refractivity contribution in [2.75, 3.05) is 6.54 Å². The Morgan fingerprint density at radius 1 is 1.04 bits per heavy atom. The minimum absolute atomic E-state index is 0.117. The van der Waals surface area contributed by atoms with Crippen LogP contribution in [0, 0.1) is 5.82 Å².